The van der Waals surface area contributed by atoms with Gasteiger partial charge in [-0.15, -0.1) is 42.5 Å². The second-order valence-electron chi connectivity index (χ2n) is 6.33. The Morgan fingerprint density at radius 2 is 1.60 bits per heavy atom. The quantitative estimate of drug-likeness (QED) is 0.258. The van der Waals surface area contributed by atoms with Crippen LogP contribution in [0.2, 0.25) is 0 Å². The van der Waals surface area contributed by atoms with Crippen LogP contribution in [0.4, 0.5) is 17.1 Å². The molecule has 0 bridgehead atoms. The molecule has 3 aromatic carbocycles. The van der Waals surface area contributed by atoms with Crippen LogP contribution in [0.5, 0.6) is 0 Å². The van der Waals surface area contributed by atoms with E-state index in [0.29, 0.717) is 5.89 Å². The molecule has 0 amide bonds. The summed E-state index contributed by atoms with van der Waals surface area (Å²) in [7, 11) is 0. The minimum Gasteiger partial charge on any atom is -0.489 e. The van der Waals surface area contributed by atoms with Gasteiger partial charge in [0.05, 0.1) is 12.5 Å². The van der Waals surface area contributed by atoms with E-state index in [1.807, 2.05) is 66.9 Å². The van der Waals surface area contributed by atoms with Crippen molar-refractivity contribution in [2.45, 2.75) is 0 Å². The average Bonchev–Trinajstić information content (AvgIpc) is 3.50. The van der Waals surface area contributed by atoms with Gasteiger partial charge in [-0.05, 0) is 29.6 Å². The third-order valence-corrected chi connectivity index (χ3v) is 4.45. The molecule has 0 atom stereocenters. The van der Waals surface area contributed by atoms with Gasteiger partial charge in [-0.1, -0.05) is 29.4 Å². The predicted octanol–water partition coefficient (Wildman–Crippen LogP) is 5.59. The summed E-state index contributed by atoms with van der Waals surface area (Å²) in [6.45, 7) is 0. The van der Waals surface area contributed by atoms with E-state index in [2.05, 4.69) is 39.2 Å². The summed E-state index contributed by atoms with van der Waals surface area (Å²) in [6, 6.07) is 30.8. The van der Waals surface area contributed by atoms with Crippen molar-refractivity contribution in [1.82, 2.24) is 14.8 Å². The van der Waals surface area contributed by atoms with Crippen LogP contribution in [0.1, 0.15) is 0 Å². The van der Waals surface area contributed by atoms with Gasteiger partial charge in [0.15, 0.2) is 0 Å². The van der Waals surface area contributed by atoms with Crippen molar-refractivity contribution in [2.24, 2.45) is 0 Å². The second kappa shape index (κ2) is 8.93. The minimum atomic E-state index is 0. The first-order chi connectivity index (χ1) is 14.4. The molecule has 5 rings (SSSR count). The van der Waals surface area contributed by atoms with Crippen molar-refractivity contribution in [2.75, 3.05) is 4.90 Å². The standard InChI is InChI=1S/C24H16N4O.Pt/c1-2-8-20(9-3-1)28(22-11-4-7-19(17-22)24-25-14-16-29-24)23-12-5-10-21(18-23)27-15-6-13-26-27;/h1-16H;/q-2;+2. The normalized spacial score (nSPS) is 10.4. The van der Waals surface area contributed by atoms with Crippen LogP contribution in [0, 0.1) is 12.1 Å². The van der Waals surface area contributed by atoms with Gasteiger partial charge in [0.2, 0.25) is 0 Å². The molecule has 0 saturated carbocycles. The predicted molar refractivity (Wildman–Crippen MR) is 111 cm³/mol. The van der Waals surface area contributed by atoms with Gasteiger partial charge in [0.1, 0.15) is 5.89 Å². The van der Waals surface area contributed by atoms with Gasteiger partial charge < -0.3 is 9.32 Å². The molecular weight excluding hydrogens is 555 g/mol. The summed E-state index contributed by atoms with van der Waals surface area (Å²) in [4.78, 5) is 6.34. The molecule has 0 aliphatic carbocycles. The number of anilines is 3. The smallest absolute Gasteiger partial charge is 0.489 e. The van der Waals surface area contributed by atoms with Crippen LogP contribution in [0.3, 0.4) is 0 Å². The molecule has 5 aromatic rings. The zero-order valence-electron chi connectivity index (χ0n) is 15.8. The number of nitrogens with zero attached hydrogens (tertiary/aromatic N) is 4. The maximum absolute atomic E-state index is 5.45. The number of hydrogen-bond acceptors (Lipinski definition) is 4. The first kappa shape index (κ1) is 19.9. The molecule has 6 heteroatoms. The summed E-state index contributed by atoms with van der Waals surface area (Å²) < 4.78 is 7.24. The minimum absolute atomic E-state index is 0. The molecule has 148 valence electrons. The summed E-state index contributed by atoms with van der Waals surface area (Å²) in [5, 5.41) is 4.32. The molecule has 2 aromatic heterocycles. The van der Waals surface area contributed by atoms with Crippen molar-refractivity contribution in [3.63, 3.8) is 0 Å². The van der Waals surface area contributed by atoms with Gasteiger partial charge in [0.25, 0.3) is 0 Å². The number of rotatable bonds is 5. The number of aromatic nitrogens is 3. The van der Waals surface area contributed by atoms with E-state index < -0.39 is 0 Å². The topological polar surface area (TPSA) is 47.1 Å². The Balaban J connectivity index is 0.00000218. The molecule has 2 heterocycles. The van der Waals surface area contributed by atoms with E-state index in [1.165, 1.54) is 0 Å². The molecule has 0 saturated heterocycles. The van der Waals surface area contributed by atoms with Gasteiger partial charge >= 0.3 is 21.1 Å². The largest absolute Gasteiger partial charge is 2.00 e. The average molecular weight is 571 g/mol. The van der Waals surface area contributed by atoms with E-state index in [1.54, 1.807) is 23.3 Å². The van der Waals surface area contributed by atoms with Crippen LogP contribution in [0.15, 0.2) is 102 Å². The van der Waals surface area contributed by atoms with E-state index in [4.69, 9.17) is 4.42 Å². The Labute approximate surface area is 188 Å². The molecule has 0 aliphatic heterocycles. The fourth-order valence-corrected chi connectivity index (χ4v) is 3.17. The van der Waals surface area contributed by atoms with Crippen LogP contribution < -0.4 is 4.90 Å². The summed E-state index contributed by atoms with van der Waals surface area (Å²) in [6.07, 6.45) is 6.85. The van der Waals surface area contributed by atoms with Gasteiger partial charge in [0, 0.05) is 18.1 Å². The van der Waals surface area contributed by atoms with Gasteiger partial charge in [-0.25, -0.2) is 0 Å². The van der Waals surface area contributed by atoms with Crippen molar-refractivity contribution in [3.8, 4) is 17.1 Å². The molecule has 0 unspecified atom stereocenters. The zero-order valence-corrected chi connectivity index (χ0v) is 18.0. The van der Waals surface area contributed by atoms with Crippen molar-refractivity contribution < 1.29 is 25.5 Å². The molecule has 5 nitrogen and oxygen atoms in total. The van der Waals surface area contributed by atoms with Crippen LogP contribution >= 0.6 is 0 Å². The molecule has 0 fully saturated rings. The maximum atomic E-state index is 5.45. The van der Waals surface area contributed by atoms with Crippen molar-refractivity contribution in [3.05, 3.63) is 110 Å². The fraction of sp³-hybridized carbons (Fsp3) is 0. The van der Waals surface area contributed by atoms with Crippen LogP contribution in [-0.4, -0.2) is 14.8 Å². The Morgan fingerprint density at radius 3 is 2.33 bits per heavy atom. The molecule has 0 spiro atoms. The molecule has 0 N–H and O–H groups in total. The summed E-state index contributed by atoms with van der Waals surface area (Å²) >= 11 is 0. The van der Waals surface area contributed by atoms with Crippen LogP contribution in [0.25, 0.3) is 17.1 Å². The first-order valence-electron chi connectivity index (χ1n) is 9.18. The van der Waals surface area contributed by atoms with E-state index in [-0.39, 0.29) is 21.1 Å². The molecule has 30 heavy (non-hydrogen) atoms. The Morgan fingerprint density at radius 1 is 0.800 bits per heavy atom. The summed E-state index contributed by atoms with van der Waals surface area (Å²) in [5.41, 5.74) is 4.39. The second-order valence-corrected chi connectivity index (χ2v) is 6.33. The number of benzene rings is 3. The third kappa shape index (κ3) is 3.98. The van der Waals surface area contributed by atoms with Gasteiger partial charge in [-0.3, -0.25) is 9.67 Å². The monoisotopic (exact) mass is 571 g/mol. The SMILES string of the molecule is [Pt+2].[c-]1c(-c2ncco2)cccc1N(c1[c-]c(-n2cccn2)ccc1)c1ccccc1. The Bertz CT molecular complexity index is 1130. The van der Waals surface area contributed by atoms with Gasteiger partial charge in [-0.2, -0.15) is 11.2 Å². The third-order valence-electron chi connectivity index (χ3n) is 4.45. The Hall–Kier alpha value is -3.43. The summed E-state index contributed by atoms with van der Waals surface area (Å²) in [5.74, 6) is 0.536. The zero-order chi connectivity index (χ0) is 19.5. The molecule has 0 aliphatic rings. The van der Waals surface area contributed by atoms with E-state index in [0.717, 1.165) is 28.3 Å². The number of para-hydroxylation sites is 1. The maximum Gasteiger partial charge on any atom is 2.00 e. The van der Waals surface area contributed by atoms with Crippen molar-refractivity contribution in [1.29, 1.82) is 0 Å². The number of oxazole rings is 1. The van der Waals surface area contributed by atoms with E-state index >= 15 is 0 Å². The molecular formula is C24H16N4OPt. The fourth-order valence-electron chi connectivity index (χ4n) is 3.17. The number of hydrogen-bond donors (Lipinski definition) is 0. The Kier molecular flexibility index (Phi) is 5.91. The van der Waals surface area contributed by atoms with E-state index in [9.17, 15) is 0 Å². The van der Waals surface area contributed by atoms with Crippen molar-refractivity contribution >= 4 is 17.1 Å². The first-order valence-corrected chi connectivity index (χ1v) is 9.18. The molecule has 0 radical (unpaired) electrons. The van der Waals surface area contributed by atoms with Crippen LogP contribution in [-0.2, 0) is 21.1 Å².